The topological polar surface area (TPSA) is 70.8 Å². The maximum Gasteiger partial charge on any atom is 0.272 e. The maximum absolute atomic E-state index is 10.8. The van der Waals surface area contributed by atoms with Crippen LogP contribution in [0.15, 0.2) is 34.8 Å². The number of halogens is 1. The Morgan fingerprint density at radius 3 is 2.68 bits per heavy atom. The highest BCUT2D eigenvalue weighted by atomic mass is 79.9. The van der Waals surface area contributed by atoms with Crippen LogP contribution in [0.4, 0.5) is 5.69 Å². The molecule has 1 aliphatic heterocycles. The highest BCUT2D eigenvalue weighted by Gasteiger charge is 2.17. The lowest BCUT2D eigenvalue weighted by molar-refractivity contribution is -0.385. The summed E-state index contributed by atoms with van der Waals surface area (Å²) in [5.74, 6) is 1.95. The van der Waals surface area contributed by atoms with Gasteiger partial charge in [-0.3, -0.25) is 10.1 Å². The van der Waals surface area contributed by atoms with E-state index in [0.29, 0.717) is 29.4 Å². The van der Waals surface area contributed by atoms with Crippen molar-refractivity contribution in [3.63, 3.8) is 0 Å². The largest absolute Gasteiger partial charge is 0.489 e. The van der Waals surface area contributed by atoms with E-state index < -0.39 is 4.92 Å². The second kappa shape index (κ2) is 5.84. The number of nitro groups is 1. The van der Waals surface area contributed by atoms with E-state index in [-0.39, 0.29) is 12.5 Å². The van der Waals surface area contributed by atoms with Crippen molar-refractivity contribution in [3.8, 4) is 17.2 Å². The molecule has 0 atom stereocenters. The Labute approximate surface area is 134 Å². The summed E-state index contributed by atoms with van der Waals surface area (Å²) < 4.78 is 17.2. The fraction of sp³-hybridized carbons (Fsp3) is 0.200. The van der Waals surface area contributed by atoms with Gasteiger partial charge < -0.3 is 14.2 Å². The molecule has 0 N–H and O–H groups in total. The van der Waals surface area contributed by atoms with Crippen molar-refractivity contribution in [1.82, 2.24) is 0 Å². The smallest absolute Gasteiger partial charge is 0.272 e. The van der Waals surface area contributed by atoms with Crippen molar-refractivity contribution in [1.29, 1.82) is 0 Å². The van der Waals surface area contributed by atoms with Gasteiger partial charge in [0.15, 0.2) is 11.5 Å². The third-order valence-electron chi connectivity index (χ3n) is 3.30. The Morgan fingerprint density at radius 1 is 1.27 bits per heavy atom. The van der Waals surface area contributed by atoms with Crippen LogP contribution in [-0.2, 0) is 6.61 Å². The van der Waals surface area contributed by atoms with Crippen LogP contribution in [0.3, 0.4) is 0 Å². The number of nitrogens with zero attached hydrogens (tertiary/aromatic N) is 1. The molecular formula is C15H12BrNO5. The van der Waals surface area contributed by atoms with Crippen LogP contribution < -0.4 is 14.2 Å². The number of hydrogen-bond acceptors (Lipinski definition) is 5. The molecule has 3 rings (SSSR count). The SMILES string of the molecule is Cc1cc(OCc2cc3c(cc2Br)OCO3)ccc1[N+](=O)[O-]. The van der Waals surface area contributed by atoms with E-state index in [1.807, 2.05) is 12.1 Å². The molecule has 0 aromatic heterocycles. The van der Waals surface area contributed by atoms with Crippen molar-refractivity contribution >= 4 is 21.6 Å². The Kier molecular flexibility index (Phi) is 3.89. The number of aryl methyl sites for hydroxylation is 1. The number of benzene rings is 2. The van der Waals surface area contributed by atoms with E-state index in [2.05, 4.69) is 15.9 Å². The van der Waals surface area contributed by atoms with E-state index in [0.717, 1.165) is 10.0 Å². The van der Waals surface area contributed by atoms with Crippen molar-refractivity contribution in [3.05, 3.63) is 56.0 Å². The zero-order valence-electron chi connectivity index (χ0n) is 11.7. The van der Waals surface area contributed by atoms with Crippen molar-refractivity contribution in [2.45, 2.75) is 13.5 Å². The molecule has 22 heavy (non-hydrogen) atoms. The monoisotopic (exact) mass is 365 g/mol. The molecule has 114 valence electrons. The molecule has 0 saturated heterocycles. The molecule has 1 heterocycles. The molecule has 0 fully saturated rings. The summed E-state index contributed by atoms with van der Waals surface area (Å²) in [4.78, 5) is 10.4. The van der Waals surface area contributed by atoms with Crippen molar-refractivity contribution < 1.29 is 19.1 Å². The molecule has 2 aromatic carbocycles. The van der Waals surface area contributed by atoms with Gasteiger partial charge in [-0.15, -0.1) is 0 Å². The molecule has 0 spiro atoms. The lowest BCUT2D eigenvalue weighted by atomic mass is 10.2. The van der Waals surface area contributed by atoms with E-state index in [1.165, 1.54) is 6.07 Å². The Hall–Kier alpha value is -2.28. The molecule has 0 bridgehead atoms. The predicted molar refractivity (Wildman–Crippen MR) is 82.4 cm³/mol. The van der Waals surface area contributed by atoms with Crippen LogP contribution in [0.1, 0.15) is 11.1 Å². The summed E-state index contributed by atoms with van der Waals surface area (Å²) in [6, 6.07) is 8.37. The van der Waals surface area contributed by atoms with E-state index in [9.17, 15) is 10.1 Å². The zero-order valence-corrected chi connectivity index (χ0v) is 13.3. The number of ether oxygens (including phenoxy) is 3. The number of nitro benzene ring substituents is 1. The molecule has 0 unspecified atom stereocenters. The highest BCUT2D eigenvalue weighted by molar-refractivity contribution is 9.10. The van der Waals surface area contributed by atoms with Crippen molar-refractivity contribution in [2.24, 2.45) is 0 Å². The number of fused-ring (bicyclic) bond motifs is 1. The first-order valence-corrected chi connectivity index (χ1v) is 7.30. The minimum absolute atomic E-state index is 0.0802. The standard InChI is InChI=1S/C15H12BrNO5/c1-9-4-11(2-3-13(9)17(18)19)20-7-10-5-14-15(6-12(10)16)22-8-21-14/h2-6H,7-8H2,1H3. The van der Waals surface area contributed by atoms with Crippen molar-refractivity contribution in [2.75, 3.05) is 6.79 Å². The highest BCUT2D eigenvalue weighted by Crippen LogP contribution is 2.37. The summed E-state index contributed by atoms with van der Waals surface area (Å²) in [6.45, 7) is 2.21. The normalized spacial score (nSPS) is 12.3. The maximum atomic E-state index is 10.8. The van der Waals surface area contributed by atoms with Gasteiger partial charge in [-0.1, -0.05) is 15.9 Å². The van der Waals surface area contributed by atoms with Gasteiger partial charge in [0, 0.05) is 21.7 Å². The summed E-state index contributed by atoms with van der Waals surface area (Å²) >= 11 is 3.46. The van der Waals surface area contributed by atoms with Crippen LogP contribution >= 0.6 is 15.9 Å². The molecule has 7 heteroatoms. The van der Waals surface area contributed by atoms with E-state index in [4.69, 9.17) is 14.2 Å². The number of rotatable bonds is 4. The quantitative estimate of drug-likeness (QED) is 0.605. The van der Waals surface area contributed by atoms with Gasteiger partial charge >= 0.3 is 0 Å². The van der Waals surface area contributed by atoms with Crippen LogP contribution in [0, 0.1) is 17.0 Å². The van der Waals surface area contributed by atoms with Gasteiger partial charge in [0.1, 0.15) is 12.4 Å². The summed E-state index contributed by atoms with van der Waals surface area (Å²) in [7, 11) is 0. The van der Waals surface area contributed by atoms with E-state index >= 15 is 0 Å². The lowest BCUT2D eigenvalue weighted by Crippen LogP contribution is -1.98. The van der Waals surface area contributed by atoms with Gasteiger partial charge in [-0.25, -0.2) is 0 Å². The molecular weight excluding hydrogens is 354 g/mol. The molecule has 2 aromatic rings. The zero-order chi connectivity index (χ0) is 15.7. The first kappa shape index (κ1) is 14.6. The molecule has 0 radical (unpaired) electrons. The summed E-state index contributed by atoms with van der Waals surface area (Å²) in [5, 5.41) is 10.8. The predicted octanol–water partition coefficient (Wildman–Crippen LogP) is 3.97. The molecule has 1 aliphatic rings. The third kappa shape index (κ3) is 2.85. The Balaban J connectivity index is 1.75. The second-order valence-corrected chi connectivity index (χ2v) is 5.65. The molecule has 0 saturated carbocycles. The van der Waals surface area contributed by atoms with Gasteiger partial charge in [0.05, 0.1) is 4.92 Å². The Bertz CT molecular complexity index is 747. The lowest BCUT2D eigenvalue weighted by Gasteiger charge is -2.09. The van der Waals surface area contributed by atoms with Crippen LogP contribution in [0.25, 0.3) is 0 Å². The third-order valence-corrected chi connectivity index (χ3v) is 4.04. The van der Waals surface area contributed by atoms with Gasteiger partial charge in [0.2, 0.25) is 6.79 Å². The van der Waals surface area contributed by atoms with Gasteiger partial charge in [-0.2, -0.15) is 0 Å². The molecule has 6 nitrogen and oxygen atoms in total. The summed E-state index contributed by atoms with van der Waals surface area (Å²) in [5.41, 5.74) is 1.55. The minimum Gasteiger partial charge on any atom is -0.489 e. The molecule has 0 aliphatic carbocycles. The summed E-state index contributed by atoms with van der Waals surface area (Å²) in [6.07, 6.45) is 0. The fourth-order valence-corrected chi connectivity index (χ4v) is 2.59. The first-order chi connectivity index (χ1) is 10.5. The van der Waals surface area contributed by atoms with E-state index in [1.54, 1.807) is 19.1 Å². The van der Waals surface area contributed by atoms with Gasteiger partial charge in [-0.05, 0) is 31.2 Å². The minimum atomic E-state index is -0.409. The average Bonchev–Trinajstić information content (AvgIpc) is 2.91. The number of hydrogen-bond donors (Lipinski definition) is 0. The first-order valence-electron chi connectivity index (χ1n) is 6.50. The van der Waals surface area contributed by atoms with Gasteiger partial charge in [0.25, 0.3) is 5.69 Å². The van der Waals surface area contributed by atoms with Crippen LogP contribution in [-0.4, -0.2) is 11.7 Å². The van der Waals surface area contributed by atoms with Crippen LogP contribution in [0.5, 0.6) is 17.2 Å². The fourth-order valence-electron chi connectivity index (χ4n) is 2.15. The second-order valence-electron chi connectivity index (χ2n) is 4.79. The molecule has 0 amide bonds. The Morgan fingerprint density at radius 2 is 2.00 bits per heavy atom. The average molecular weight is 366 g/mol. The van der Waals surface area contributed by atoms with Crippen LogP contribution in [0.2, 0.25) is 0 Å².